The van der Waals surface area contributed by atoms with E-state index in [1.54, 1.807) is 24.3 Å². The van der Waals surface area contributed by atoms with E-state index in [1.165, 1.54) is 18.9 Å². The van der Waals surface area contributed by atoms with E-state index in [1.807, 2.05) is 0 Å². The van der Waals surface area contributed by atoms with Gasteiger partial charge in [-0.3, -0.25) is 9.59 Å². The normalized spacial score (nSPS) is 17.1. The number of hydrogen-bond acceptors (Lipinski definition) is 6. The molecule has 1 aliphatic rings. The first kappa shape index (κ1) is 26.3. The van der Waals surface area contributed by atoms with E-state index in [0.29, 0.717) is 5.75 Å². The Balaban J connectivity index is 1.80. The lowest BCUT2D eigenvalue weighted by Crippen LogP contribution is -2.61. The highest BCUT2D eigenvalue weighted by Gasteiger charge is 2.41. The predicted octanol–water partition coefficient (Wildman–Crippen LogP) is 2.13. The molecule has 1 fully saturated rings. The molecule has 190 valence electrons. The molecule has 0 aromatic heterocycles. The van der Waals surface area contributed by atoms with Crippen LogP contribution in [0.2, 0.25) is 0 Å². The van der Waals surface area contributed by atoms with Gasteiger partial charge in [0, 0.05) is 33.1 Å². The van der Waals surface area contributed by atoms with E-state index in [9.17, 15) is 31.2 Å². The van der Waals surface area contributed by atoms with Crippen LogP contribution in [0.1, 0.15) is 12.5 Å². The van der Waals surface area contributed by atoms with E-state index in [4.69, 9.17) is 4.74 Å². The van der Waals surface area contributed by atoms with Gasteiger partial charge in [0.2, 0.25) is 21.8 Å². The highest BCUT2D eigenvalue weighted by atomic mass is 32.2. The highest BCUT2D eigenvalue weighted by molar-refractivity contribution is 7.89. The van der Waals surface area contributed by atoms with Crippen molar-refractivity contribution in [1.29, 1.82) is 0 Å². The Morgan fingerprint density at radius 1 is 1.03 bits per heavy atom. The van der Waals surface area contributed by atoms with Crippen molar-refractivity contribution in [3.05, 3.63) is 54.1 Å². The quantitative estimate of drug-likeness (QED) is 0.606. The average molecular weight is 516 g/mol. The number of nitrogens with one attached hydrogen (secondary N) is 1. The first-order valence-corrected chi connectivity index (χ1v) is 11.9. The van der Waals surface area contributed by atoms with Crippen LogP contribution in [0, 0.1) is 0 Å². The molecule has 1 N–H and O–H groups in total. The lowest BCUT2D eigenvalue weighted by atomic mass is 10.1. The molecule has 1 saturated heterocycles. The van der Waals surface area contributed by atoms with Crippen LogP contribution in [-0.2, 0) is 26.2 Å². The summed E-state index contributed by atoms with van der Waals surface area (Å²) in [5.74, 6) is -0.879. The number of alkyl halides is 3. The Hall–Kier alpha value is -3.32. The number of sulfonamides is 1. The standard InChI is InChI=1S/C22H24F3N3O6S/c1-15(29)27-11-12-28(35(31,32)19-9-7-18(8-10-19)34-22(23,24)25)20(14-27)21(30)26-13-16-3-5-17(33-2)6-4-16/h3-10,20H,11-14H2,1-2H3,(H,26,30)/t20-/m1/s1. The molecule has 1 atom stereocenters. The fourth-order valence-corrected chi connectivity index (χ4v) is 5.12. The third-order valence-corrected chi connectivity index (χ3v) is 7.29. The molecule has 13 heteroatoms. The molecule has 0 radical (unpaired) electrons. The number of halogens is 3. The molecule has 0 bridgehead atoms. The van der Waals surface area contributed by atoms with E-state index >= 15 is 0 Å². The van der Waals surface area contributed by atoms with Gasteiger partial charge in [-0.2, -0.15) is 4.31 Å². The maximum atomic E-state index is 13.3. The zero-order chi connectivity index (χ0) is 25.8. The minimum Gasteiger partial charge on any atom is -0.497 e. The van der Waals surface area contributed by atoms with Gasteiger partial charge in [-0.1, -0.05) is 12.1 Å². The van der Waals surface area contributed by atoms with Gasteiger partial charge in [0.05, 0.1) is 12.0 Å². The molecule has 0 saturated carbocycles. The lowest BCUT2D eigenvalue weighted by molar-refractivity contribution is -0.274. The second-order valence-electron chi connectivity index (χ2n) is 7.68. The van der Waals surface area contributed by atoms with Crippen LogP contribution in [0.15, 0.2) is 53.4 Å². The van der Waals surface area contributed by atoms with Crippen molar-refractivity contribution in [2.24, 2.45) is 0 Å². The fourth-order valence-electron chi connectivity index (χ4n) is 3.55. The number of rotatable bonds is 7. The maximum Gasteiger partial charge on any atom is 0.573 e. The van der Waals surface area contributed by atoms with Crippen LogP contribution >= 0.6 is 0 Å². The smallest absolute Gasteiger partial charge is 0.497 e. The zero-order valence-corrected chi connectivity index (χ0v) is 19.7. The molecule has 1 aliphatic heterocycles. The minimum absolute atomic E-state index is 0.0616. The summed E-state index contributed by atoms with van der Waals surface area (Å²) in [5.41, 5.74) is 0.744. The number of benzene rings is 2. The van der Waals surface area contributed by atoms with Gasteiger partial charge in [0.25, 0.3) is 0 Å². The summed E-state index contributed by atoms with van der Waals surface area (Å²) in [6.45, 7) is 1.15. The highest BCUT2D eigenvalue weighted by Crippen LogP contribution is 2.27. The van der Waals surface area contributed by atoms with Crippen LogP contribution in [0.4, 0.5) is 13.2 Å². The van der Waals surface area contributed by atoms with Gasteiger partial charge in [0.1, 0.15) is 17.5 Å². The second-order valence-corrected chi connectivity index (χ2v) is 9.57. The zero-order valence-electron chi connectivity index (χ0n) is 18.9. The maximum absolute atomic E-state index is 13.3. The third-order valence-electron chi connectivity index (χ3n) is 5.37. The second kappa shape index (κ2) is 10.5. The summed E-state index contributed by atoms with van der Waals surface area (Å²) >= 11 is 0. The van der Waals surface area contributed by atoms with Gasteiger partial charge in [-0.05, 0) is 42.0 Å². The van der Waals surface area contributed by atoms with Gasteiger partial charge >= 0.3 is 6.36 Å². The molecule has 2 aromatic carbocycles. The summed E-state index contributed by atoms with van der Waals surface area (Å²) in [6, 6.07) is 9.37. The lowest BCUT2D eigenvalue weighted by Gasteiger charge is -2.39. The Labute approximate surface area is 200 Å². The largest absolute Gasteiger partial charge is 0.573 e. The first-order chi connectivity index (χ1) is 16.4. The van der Waals surface area contributed by atoms with Gasteiger partial charge in [-0.15, -0.1) is 13.2 Å². The summed E-state index contributed by atoms with van der Waals surface area (Å²) in [4.78, 5) is 26.0. The van der Waals surface area contributed by atoms with Crippen LogP contribution in [0.3, 0.4) is 0 Å². The topological polar surface area (TPSA) is 105 Å². The van der Waals surface area contributed by atoms with Gasteiger partial charge < -0.3 is 19.7 Å². The molecular weight excluding hydrogens is 491 g/mol. The Kier molecular flexibility index (Phi) is 7.90. The number of ether oxygens (including phenoxy) is 2. The Morgan fingerprint density at radius 3 is 2.17 bits per heavy atom. The number of hydrogen-bond donors (Lipinski definition) is 1. The molecule has 3 rings (SSSR count). The Morgan fingerprint density at radius 2 is 1.63 bits per heavy atom. The van der Waals surface area contributed by atoms with Crippen molar-refractivity contribution in [2.45, 2.75) is 30.8 Å². The predicted molar refractivity (Wildman–Crippen MR) is 118 cm³/mol. The van der Waals surface area contributed by atoms with Crippen molar-refractivity contribution in [2.75, 3.05) is 26.7 Å². The molecule has 0 unspecified atom stereocenters. The molecule has 9 nitrogen and oxygen atoms in total. The number of carbonyl (C=O) groups is 2. The molecule has 0 spiro atoms. The van der Waals surface area contributed by atoms with Crippen molar-refractivity contribution in [3.8, 4) is 11.5 Å². The number of carbonyl (C=O) groups excluding carboxylic acids is 2. The monoisotopic (exact) mass is 515 g/mol. The summed E-state index contributed by atoms with van der Waals surface area (Å²) in [7, 11) is -2.76. The van der Waals surface area contributed by atoms with Gasteiger partial charge in [0.15, 0.2) is 0 Å². The number of methoxy groups -OCH3 is 1. The number of nitrogens with zero attached hydrogens (tertiary/aromatic N) is 2. The molecule has 2 aromatic rings. The van der Waals surface area contributed by atoms with Crippen molar-refractivity contribution >= 4 is 21.8 Å². The number of amides is 2. The van der Waals surface area contributed by atoms with E-state index in [2.05, 4.69) is 10.1 Å². The minimum atomic E-state index is -4.92. The van der Waals surface area contributed by atoms with Crippen LogP contribution in [0.25, 0.3) is 0 Å². The molecular formula is C22H24F3N3O6S. The SMILES string of the molecule is COc1ccc(CNC(=O)[C@H]2CN(C(C)=O)CCN2S(=O)(=O)c2ccc(OC(F)(F)F)cc2)cc1. The van der Waals surface area contributed by atoms with E-state index in [-0.39, 0.29) is 37.0 Å². The summed E-state index contributed by atoms with van der Waals surface area (Å²) in [6.07, 6.45) is -4.92. The van der Waals surface area contributed by atoms with Crippen LogP contribution < -0.4 is 14.8 Å². The third kappa shape index (κ3) is 6.63. The van der Waals surface area contributed by atoms with Crippen molar-refractivity contribution in [3.63, 3.8) is 0 Å². The van der Waals surface area contributed by atoms with E-state index < -0.39 is 34.1 Å². The number of piperazine rings is 1. The average Bonchev–Trinajstić information content (AvgIpc) is 2.81. The van der Waals surface area contributed by atoms with Crippen LogP contribution in [-0.4, -0.2) is 68.6 Å². The van der Waals surface area contributed by atoms with E-state index in [0.717, 1.165) is 34.1 Å². The summed E-state index contributed by atoms with van der Waals surface area (Å²) < 4.78 is 73.6. The molecule has 1 heterocycles. The Bertz CT molecular complexity index is 1150. The summed E-state index contributed by atoms with van der Waals surface area (Å²) in [5, 5.41) is 2.69. The van der Waals surface area contributed by atoms with Crippen molar-refractivity contribution < 1.29 is 40.7 Å². The first-order valence-electron chi connectivity index (χ1n) is 10.4. The molecule has 2 amide bonds. The van der Waals surface area contributed by atoms with Gasteiger partial charge in [-0.25, -0.2) is 8.42 Å². The van der Waals surface area contributed by atoms with Crippen LogP contribution in [0.5, 0.6) is 11.5 Å². The van der Waals surface area contributed by atoms with Crippen molar-refractivity contribution in [1.82, 2.24) is 14.5 Å². The molecule has 0 aliphatic carbocycles. The fraction of sp³-hybridized carbons (Fsp3) is 0.364. The molecule has 35 heavy (non-hydrogen) atoms.